The minimum absolute atomic E-state index is 0.00805. The Bertz CT molecular complexity index is 913. The molecule has 4 rings (SSSR count). The predicted octanol–water partition coefficient (Wildman–Crippen LogP) is 6.38. The smallest absolute Gasteiger partial charge is 0.294 e. The summed E-state index contributed by atoms with van der Waals surface area (Å²) < 4.78 is 0. The van der Waals surface area contributed by atoms with Crippen LogP contribution in [0, 0.1) is 16.0 Å². The Morgan fingerprint density at radius 1 is 1.12 bits per heavy atom. The minimum atomic E-state index is -0.400. The SMILES string of the molecule is O=[N+]([O-])c1cc(Cl)cc2c1N[C@H](c1ccc(Cl)c(Cl)c1)[C@@H]1CC=C[C@@H]21. The number of nitro benzene ring substituents is 1. The molecule has 0 unspecified atom stereocenters. The molecule has 1 aliphatic carbocycles. The summed E-state index contributed by atoms with van der Waals surface area (Å²) in [7, 11) is 0. The fourth-order valence-corrected chi connectivity index (χ4v) is 4.35. The van der Waals surface area contributed by atoms with E-state index in [0.717, 1.165) is 17.5 Å². The molecule has 3 atom stereocenters. The summed E-state index contributed by atoms with van der Waals surface area (Å²) in [6, 6.07) is 8.59. The number of anilines is 1. The summed E-state index contributed by atoms with van der Waals surface area (Å²) in [4.78, 5) is 11.1. The Hall–Kier alpha value is -1.75. The average molecular weight is 396 g/mol. The third-order valence-electron chi connectivity index (χ3n) is 4.91. The maximum Gasteiger partial charge on any atom is 0.294 e. The van der Waals surface area contributed by atoms with E-state index in [1.807, 2.05) is 18.2 Å². The van der Waals surface area contributed by atoms with E-state index in [9.17, 15) is 10.1 Å². The van der Waals surface area contributed by atoms with Crippen molar-refractivity contribution >= 4 is 46.2 Å². The monoisotopic (exact) mass is 394 g/mol. The van der Waals surface area contributed by atoms with E-state index >= 15 is 0 Å². The molecule has 4 nitrogen and oxygen atoms in total. The second kappa shape index (κ2) is 6.20. The van der Waals surface area contributed by atoms with Crippen molar-refractivity contribution in [1.82, 2.24) is 0 Å². The highest BCUT2D eigenvalue weighted by Gasteiger charge is 2.41. The molecule has 25 heavy (non-hydrogen) atoms. The maximum atomic E-state index is 11.5. The fraction of sp³-hybridized carbons (Fsp3) is 0.222. The number of rotatable bonds is 2. The number of fused-ring (bicyclic) bond motifs is 3. The van der Waals surface area contributed by atoms with Gasteiger partial charge in [-0.1, -0.05) is 53.0 Å². The van der Waals surface area contributed by atoms with Gasteiger partial charge in [-0.25, -0.2) is 0 Å². The van der Waals surface area contributed by atoms with Crippen LogP contribution in [0.25, 0.3) is 0 Å². The molecule has 1 heterocycles. The topological polar surface area (TPSA) is 55.2 Å². The van der Waals surface area contributed by atoms with Gasteiger partial charge in [0.1, 0.15) is 5.69 Å². The predicted molar refractivity (Wildman–Crippen MR) is 101 cm³/mol. The summed E-state index contributed by atoms with van der Waals surface area (Å²) in [6.45, 7) is 0. The molecule has 2 aromatic rings. The van der Waals surface area contributed by atoms with Gasteiger partial charge in [0.05, 0.1) is 21.0 Å². The molecule has 0 fully saturated rings. The molecule has 1 aliphatic heterocycles. The van der Waals surface area contributed by atoms with Gasteiger partial charge >= 0.3 is 0 Å². The van der Waals surface area contributed by atoms with E-state index in [-0.39, 0.29) is 23.6 Å². The largest absolute Gasteiger partial charge is 0.372 e. The van der Waals surface area contributed by atoms with E-state index in [0.29, 0.717) is 20.8 Å². The van der Waals surface area contributed by atoms with Crippen LogP contribution in [0.4, 0.5) is 11.4 Å². The van der Waals surface area contributed by atoms with Crippen molar-refractivity contribution in [2.45, 2.75) is 18.4 Å². The Morgan fingerprint density at radius 3 is 2.64 bits per heavy atom. The molecule has 2 aromatic carbocycles. The molecule has 0 spiro atoms. The van der Waals surface area contributed by atoms with E-state index in [2.05, 4.69) is 17.5 Å². The van der Waals surface area contributed by atoms with Crippen molar-refractivity contribution in [3.05, 3.63) is 78.8 Å². The van der Waals surface area contributed by atoms with Crippen molar-refractivity contribution < 1.29 is 4.92 Å². The molecule has 0 bridgehead atoms. The lowest BCUT2D eigenvalue weighted by Gasteiger charge is -2.37. The second-order valence-electron chi connectivity index (χ2n) is 6.30. The van der Waals surface area contributed by atoms with E-state index in [1.165, 1.54) is 6.07 Å². The lowest BCUT2D eigenvalue weighted by Crippen LogP contribution is -2.29. The minimum Gasteiger partial charge on any atom is -0.372 e. The summed E-state index contributed by atoms with van der Waals surface area (Å²) in [5.74, 6) is 0.316. The van der Waals surface area contributed by atoms with Gasteiger partial charge in [0.15, 0.2) is 0 Å². The first-order valence-corrected chi connectivity index (χ1v) is 8.95. The summed E-state index contributed by atoms with van der Waals surface area (Å²) in [5, 5.41) is 16.2. The Kier molecular flexibility index (Phi) is 4.14. The number of hydrogen-bond acceptors (Lipinski definition) is 3. The molecule has 0 aromatic heterocycles. The zero-order chi connectivity index (χ0) is 17.7. The number of allylic oxidation sites excluding steroid dienone is 2. The molecule has 1 N–H and O–H groups in total. The molecular weight excluding hydrogens is 383 g/mol. The normalized spacial score (nSPS) is 23.7. The Balaban J connectivity index is 1.86. The summed E-state index contributed by atoms with van der Waals surface area (Å²) >= 11 is 18.3. The zero-order valence-electron chi connectivity index (χ0n) is 12.9. The van der Waals surface area contributed by atoms with Crippen molar-refractivity contribution in [2.24, 2.45) is 5.92 Å². The number of nitro groups is 1. The van der Waals surface area contributed by atoms with Gasteiger partial charge < -0.3 is 5.32 Å². The van der Waals surface area contributed by atoms with Crippen molar-refractivity contribution in [3.8, 4) is 0 Å². The number of benzene rings is 2. The van der Waals surface area contributed by atoms with Crippen molar-refractivity contribution in [1.29, 1.82) is 0 Å². The summed E-state index contributed by atoms with van der Waals surface area (Å²) in [5.41, 5.74) is 2.35. The van der Waals surface area contributed by atoms with Crippen LogP contribution in [0.5, 0.6) is 0 Å². The van der Waals surface area contributed by atoms with Gasteiger partial charge in [0, 0.05) is 17.0 Å². The lowest BCUT2D eigenvalue weighted by atomic mass is 9.77. The zero-order valence-corrected chi connectivity index (χ0v) is 15.1. The molecule has 0 saturated carbocycles. The van der Waals surface area contributed by atoms with Crippen LogP contribution in [-0.4, -0.2) is 4.92 Å². The highest BCUT2D eigenvalue weighted by molar-refractivity contribution is 6.42. The van der Waals surface area contributed by atoms with Crippen LogP contribution in [0.3, 0.4) is 0 Å². The molecule has 7 heteroatoms. The standard InChI is InChI=1S/C18H13Cl3N2O2/c19-10-7-13-11-2-1-3-12(11)17(9-4-5-14(20)15(21)6-9)22-18(13)16(8-10)23(24)25/h1-2,4-8,11-12,17,22H,3H2/t11-,12-,17-/m1/s1. The highest BCUT2D eigenvalue weighted by atomic mass is 35.5. The second-order valence-corrected chi connectivity index (χ2v) is 7.55. The summed E-state index contributed by atoms with van der Waals surface area (Å²) in [6.07, 6.45) is 5.10. The third kappa shape index (κ3) is 2.78. The van der Waals surface area contributed by atoms with E-state index < -0.39 is 4.92 Å². The van der Waals surface area contributed by atoms with E-state index in [4.69, 9.17) is 34.8 Å². The molecule has 0 saturated heterocycles. The van der Waals surface area contributed by atoms with Crippen LogP contribution in [0.15, 0.2) is 42.5 Å². The molecule has 0 amide bonds. The maximum absolute atomic E-state index is 11.5. The highest BCUT2D eigenvalue weighted by Crippen LogP contribution is 2.53. The molecule has 0 radical (unpaired) electrons. The number of hydrogen-bond donors (Lipinski definition) is 1. The van der Waals surface area contributed by atoms with Gasteiger partial charge in [-0.15, -0.1) is 0 Å². The van der Waals surface area contributed by atoms with Gasteiger partial charge in [0.2, 0.25) is 0 Å². The lowest BCUT2D eigenvalue weighted by molar-refractivity contribution is -0.384. The van der Waals surface area contributed by atoms with Gasteiger partial charge in [-0.3, -0.25) is 10.1 Å². The first-order valence-electron chi connectivity index (χ1n) is 7.81. The third-order valence-corrected chi connectivity index (χ3v) is 5.87. The Morgan fingerprint density at radius 2 is 1.92 bits per heavy atom. The number of nitrogens with one attached hydrogen (secondary N) is 1. The van der Waals surface area contributed by atoms with Crippen LogP contribution in [0.2, 0.25) is 15.1 Å². The van der Waals surface area contributed by atoms with Crippen LogP contribution < -0.4 is 5.32 Å². The van der Waals surface area contributed by atoms with Crippen molar-refractivity contribution in [2.75, 3.05) is 5.32 Å². The molecule has 128 valence electrons. The van der Waals surface area contributed by atoms with Crippen LogP contribution in [0.1, 0.15) is 29.5 Å². The van der Waals surface area contributed by atoms with Crippen molar-refractivity contribution in [3.63, 3.8) is 0 Å². The van der Waals surface area contributed by atoms with E-state index in [1.54, 1.807) is 6.07 Å². The van der Waals surface area contributed by atoms with Crippen LogP contribution >= 0.6 is 34.8 Å². The van der Waals surface area contributed by atoms with Gasteiger partial charge in [-0.05, 0) is 41.7 Å². The Labute approximate surface area is 159 Å². The van der Waals surface area contributed by atoms with Gasteiger partial charge in [0.25, 0.3) is 5.69 Å². The first-order chi connectivity index (χ1) is 12.0. The molecular formula is C18H13Cl3N2O2. The van der Waals surface area contributed by atoms with Gasteiger partial charge in [-0.2, -0.15) is 0 Å². The number of halogens is 3. The van der Waals surface area contributed by atoms with Crippen LogP contribution in [-0.2, 0) is 0 Å². The average Bonchev–Trinajstić information content (AvgIpc) is 3.06. The molecule has 2 aliphatic rings. The quantitative estimate of drug-likeness (QED) is 0.364. The first kappa shape index (κ1) is 16.7. The fourth-order valence-electron chi connectivity index (χ4n) is 3.83. The number of nitrogens with zero attached hydrogens (tertiary/aromatic N) is 1.